The Morgan fingerprint density at radius 1 is 1.25 bits per heavy atom. The van der Waals surface area contributed by atoms with Gasteiger partial charge in [-0.15, -0.1) is 21.5 Å². The minimum absolute atomic E-state index is 0.157. The number of thiazole rings is 1. The minimum Gasteiger partial charge on any atom is -0.301 e. The Balaban J connectivity index is 1.41. The molecule has 4 aromatic rings. The van der Waals surface area contributed by atoms with E-state index in [1.165, 1.54) is 28.7 Å². The van der Waals surface area contributed by atoms with E-state index >= 15 is 0 Å². The molecule has 3 aromatic heterocycles. The molecule has 10 heteroatoms. The lowest BCUT2D eigenvalue weighted by Crippen LogP contribution is -2.14. The van der Waals surface area contributed by atoms with Gasteiger partial charge in [0, 0.05) is 17.1 Å². The number of pyridine rings is 1. The van der Waals surface area contributed by atoms with Gasteiger partial charge in [0.1, 0.15) is 0 Å². The first kappa shape index (κ1) is 19.2. The normalized spacial score (nSPS) is 11.1. The molecule has 1 N–H and O–H groups in total. The summed E-state index contributed by atoms with van der Waals surface area (Å²) in [6, 6.07) is 9.69. The fourth-order valence-corrected chi connectivity index (χ4v) is 4.43. The molecule has 4 rings (SSSR count). The molecule has 0 bridgehead atoms. The van der Waals surface area contributed by atoms with Gasteiger partial charge < -0.3 is 5.32 Å². The number of hydrogen-bond donors (Lipinski definition) is 1. The minimum atomic E-state index is -0.181. The first-order valence-corrected chi connectivity index (χ1v) is 10.8. The van der Waals surface area contributed by atoms with Crippen LogP contribution in [-0.4, -0.2) is 31.2 Å². The summed E-state index contributed by atoms with van der Waals surface area (Å²) in [6.07, 6.45) is 1.66. The fourth-order valence-electron chi connectivity index (χ4n) is 2.47. The lowest BCUT2D eigenvalue weighted by molar-refractivity contribution is -0.113. The smallest absolute Gasteiger partial charge is 0.236 e. The van der Waals surface area contributed by atoms with Gasteiger partial charge in [-0.3, -0.25) is 9.20 Å². The highest BCUT2D eigenvalue weighted by molar-refractivity contribution is 7.99. The van der Waals surface area contributed by atoms with Crippen LogP contribution < -0.4 is 5.32 Å². The summed E-state index contributed by atoms with van der Waals surface area (Å²) in [7, 11) is 0. The zero-order valence-electron chi connectivity index (χ0n) is 14.5. The molecule has 142 valence electrons. The molecule has 6 nitrogen and oxygen atoms in total. The first-order chi connectivity index (χ1) is 13.5. The largest absolute Gasteiger partial charge is 0.301 e. The Bertz CT molecular complexity index is 1160. The number of carbonyl (C=O) groups is 1. The van der Waals surface area contributed by atoms with Gasteiger partial charge in [0.15, 0.2) is 15.9 Å². The molecule has 3 heterocycles. The molecule has 0 aliphatic heterocycles. The van der Waals surface area contributed by atoms with Gasteiger partial charge in [0.2, 0.25) is 5.91 Å². The quantitative estimate of drug-likeness (QED) is 0.423. The molecule has 1 amide bonds. The number of amides is 1. The molecule has 0 saturated heterocycles. The maximum absolute atomic E-state index is 12.3. The molecular formula is C18H13Cl2N5OS2. The first-order valence-electron chi connectivity index (χ1n) is 8.14. The third-order valence-corrected chi connectivity index (χ3v) is 6.01. The van der Waals surface area contributed by atoms with Crippen molar-refractivity contribution in [3.8, 4) is 11.3 Å². The SMILES string of the molecule is Cc1ccc(-c2csc(NC(=O)CSc3nnc4c(Cl)cc(Cl)cn34)n2)cc1. The summed E-state index contributed by atoms with van der Waals surface area (Å²) in [6.45, 7) is 2.04. The summed E-state index contributed by atoms with van der Waals surface area (Å²) in [5.41, 5.74) is 3.53. The summed E-state index contributed by atoms with van der Waals surface area (Å²) in [5.74, 6) is -0.0237. The van der Waals surface area contributed by atoms with Crippen LogP contribution in [0.4, 0.5) is 5.13 Å². The maximum Gasteiger partial charge on any atom is 0.236 e. The number of carbonyl (C=O) groups excluding carboxylic acids is 1. The molecule has 0 atom stereocenters. The number of nitrogens with one attached hydrogen (secondary N) is 1. The van der Waals surface area contributed by atoms with E-state index in [2.05, 4.69) is 20.5 Å². The summed E-state index contributed by atoms with van der Waals surface area (Å²) in [4.78, 5) is 16.8. The topological polar surface area (TPSA) is 72.2 Å². The summed E-state index contributed by atoms with van der Waals surface area (Å²) >= 11 is 14.8. The van der Waals surface area contributed by atoms with Gasteiger partial charge in [0.25, 0.3) is 0 Å². The third-order valence-electron chi connectivity index (χ3n) is 3.83. The van der Waals surface area contributed by atoms with Gasteiger partial charge in [-0.25, -0.2) is 4.98 Å². The van der Waals surface area contributed by atoms with Gasteiger partial charge in [0.05, 0.1) is 21.5 Å². The lowest BCUT2D eigenvalue weighted by atomic mass is 10.1. The number of rotatable bonds is 5. The van der Waals surface area contributed by atoms with E-state index in [0.29, 0.717) is 26.0 Å². The van der Waals surface area contributed by atoms with Crippen LogP contribution in [0.25, 0.3) is 16.9 Å². The molecule has 0 aliphatic rings. The number of hydrogen-bond acceptors (Lipinski definition) is 6. The van der Waals surface area contributed by atoms with Crippen molar-refractivity contribution in [2.24, 2.45) is 0 Å². The molecule has 0 aliphatic carbocycles. The molecule has 1 aromatic carbocycles. The van der Waals surface area contributed by atoms with Crippen LogP contribution in [-0.2, 0) is 4.79 Å². The second-order valence-corrected chi connectivity index (χ2v) is 8.57. The van der Waals surface area contributed by atoms with Gasteiger partial charge in [-0.2, -0.15) is 0 Å². The van der Waals surface area contributed by atoms with Crippen LogP contribution in [0.3, 0.4) is 0 Å². The van der Waals surface area contributed by atoms with Crippen LogP contribution in [0, 0.1) is 6.92 Å². The van der Waals surface area contributed by atoms with E-state index in [1.807, 2.05) is 36.6 Å². The zero-order valence-corrected chi connectivity index (χ0v) is 17.7. The van der Waals surface area contributed by atoms with E-state index < -0.39 is 0 Å². The van der Waals surface area contributed by atoms with Crippen molar-refractivity contribution >= 4 is 63.0 Å². The average Bonchev–Trinajstić information content (AvgIpc) is 3.28. The number of aromatic nitrogens is 4. The number of nitrogens with zero attached hydrogens (tertiary/aromatic N) is 4. The van der Waals surface area contributed by atoms with Crippen LogP contribution >= 0.6 is 46.3 Å². The van der Waals surface area contributed by atoms with E-state index in [1.54, 1.807) is 16.7 Å². The molecule has 0 radical (unpaired) electrons. The van der Waals surface area contributed by atoms with Crippen molar-refractivity contribution in [2.75, 3.05) is 11.1 Å². The second-order valence-electron chi connectivity index (χ2n) is 5.92. The number of thioether (sulfide) groups is 1. The molecule has 0 unspecified atom stereocenters. The second kappa shape index (κ2) is 8.08. The Labute approximate surface area is 178 Å². The van der Waals surface area contributed by atoms with Gasteiger partial charge in [-0.05, 0) is 13.0 Å². The molecular weight excluding hydrogens is 437 g/mol. The summed E-state index contributed by atoms with van der Waals surface area (Å²) < 4.78 is 1.67. The van der Waals surface area contributed by atoms with Crippen LogP contribution in [0.5, 0.6) is 0 Å². The van der Waals surface area contributed by atoms with Crippen LogP contribution in [0.1, 0.15) is 5.56 Å². The van der Waals surface area contributed by atoms with Crippen molar-refractivity contribution in [1.82, 2.24) is 19.6 Å². The van der Waals surface area contributed by atoms with Crippen molar-refractivity contribution in [3.63, 3.8) is 0 Å². The number of anilines is 1. The molecule has 0 fully saturated rings. The number of fused-ring (bicyclic) bond motifs is 1. The van der Waals surface area contributed by atoms with E-state index in [0.717, 1.165) is 11.3 Å². The fraction of sp³-hybridized carbons (Fsp3) is 0.111. The maximum atomic E-state index is 12.3. The summed E-state index contributed by atoms with van der Waals surface area (Å²) in [5, 5.41) is 14.8. The molecule has 0 spiro atoms. The van der Waals surface area contributed by atoms with Crippen LogP contribution in [0.2, 0.25) is 10.0 Å². The van der Waals surface area contributed by atoms with Crippen molar-refractivity contribution in [3.05, 3.63) is 57.5 Å². The predicted octanol–water partition coefficient (Wildman–Crippen LogP) is 5.20. The number of aryl methyl sites for hydroxylation is 1. The Morgan fingerprint density at radius 3 is 2.82 bits per heavy atom. The monoisotopic (exact) mass is 449 g/mol. The standard InChI is InChI=1S/C18H13Cl2N5OS2/c1-10-2-4-11(5-3-10)14-8-27-17(21-14)22-15(26)9-28-18-24-23-16-13(20)6-12(19)7-25(16)18/h2-8H,9H2,1H3,(H,21,22,26). The predicted molar refractivity (Wildman–Crippen MR) is 115 cm³/mol. The Kier molecular flexibility index (Phi) is 5.54. The highest BCUT2D eigenvalue weighted by Crippen LogP contribution is 2.27. The number of halogens is 2. The zero-order chi connectivity index (χ0) is 19.7. The highest BCUT2D eigenvalue weighted by atomic mass is 35.5. The highest BCUT2D eigenvalue weighted by Gasteiger charge is 2.13. The Hall–Kier alpha value is -2.13. The van der Waals surface area contributed by atoms with Crippen molar-refractivity contribution in [2.45, 2.75) is 12.1 Å². The third kappa shape index (κ3) is 4.15. The average molecular weight is 450 g/mol. The van der Waals surface area contributed by atoms with Gasteiger partial charge >= 0.3 is 0 Å². The van der Waals surface area contributed by atoms with Crippen molar-refractivity contribution < 1.29 is 4.79 Å². The lowest BCUT2D eigenvalue weighted by Gasteiger charge is -2.02. The molecule has 0 saturated carbocycles. The van der Waals surface area contributed by atoms with Gasteiger partial charge in [-0.1, -0.05) is 64.8 Å². The van der Waals surface area contributed by atoms with Crippen LogP contribution in [0.15, 0.2) is 47.1 Å². The number of benzene rings is 1. The van der Waals surface area contributed by atoms with E-state index in [4.69, 9.17) is 23.2 Å². The van der Waals surface area contributed by atoms with Crippen molar-refractivity contribution in [1.29, 1.82) is 0 Å². The molecule has 28 heavy (non-hydrogen) atoms. The van der Waals surface area contributed by atoms with E-state index in [9.17, 15) is 4.79 Å². The van der Waals surface area contributed by atoms with E-state index in [-0.39, 0.29) is 11.7 Å². The Morgan fingerprint density at radius 2 is 2.04 bits per heavy atom.